The number of anilines is 2. The molecule has 0 spiro atoms. The normalized spacial score (nSPS) is 11.6. The van der Waals surface area contributed by atoms with E-state index in [1.807, 2.05) is 30.3 Å². The minimum atomic E-state index is -0.961. The van der Waals surface area contributed by atoms with Gasteiger partial charge in [0.05, 0.1) is 18.2 Å². The topological polar surface area (TPSA) is 114 Å². The molecule has 3 aromatic rings. The Morgan fingerprint density at radius 2 is 1.82 bits per heavy atom. The van der Waals surface area contributed by atoms with Gasteiger partial charge in [-0.2, -0.15) is 0 Å². The van der Waals surface area contributed by atoms with E-state index in [1.165, 1.54) is 11.7 Å². The molecular formula is C23H25ClN4O5. The van der Waals surface area contributed by atoms with Crippen LogP contribution in [0.25, 0.3) is 0 Å². The van der Waals surface area contributed by atoms with Gasteiger partial charge in [0.25, 0.3) is 11.5 Å². The largest absolute Gasteiger partial charge is 0.479 e. The van der Waals surface area contributed by atoms with E-state index in [0.717, 1.165) is 5.56 Å². The first kappa shape index (κ1) is 24.1. The summed E-state index contributed by atoms with van der Waals surface area (Å²) in [5.74, 6) is -0.197. The average Bonchev–Trinajstić information content (AvgIpc) is 2.80. The maximum Gasteiger partial charge on any atom is 0.330 e. The van der Waals surface area contributed by atoms with Crippen LogP contribution in [0.2, 0.25) is 5.02 Å². The Morgan fingerprint density at radius 3 is 2.52 bits per heavy atom. The quantitative estimate of drug-likeness (QED) is 0.418. The smallest absolute Gasteiger partial charge is 0.330 e. The SMILES string of the molecule is COCCn1c(NC(=O)C(C)Oc2ccccc2Cl)c(NCc2ccccc2)c(=O)[nH]c1=O. The Hall–Kier alpha value is -3.56. The van der Waals surface area contributed by atoms with E-state index in [1.54, 1.807) is 31.2 Å². The van der Waals surface area contributed by atoms with Crippen LogP contribution >= 0.6 is 11.6 Å². The summed E-state index contributed by atoms with van der Waals surface area (Å²) in [5, 5.41) is 6.04. The molecule has 0 aliphatic rings. The molecule has 1 heterocycles. The summed E-state index contributed by atoms with van der Waals surface area (Å²) >= 11 is 6.11. The fraction of sp³-hybridized carbons (Fsp3) is 0.261. The van der Waals surface area contributed by atoms with E-state index in [4.69, 9.17) is 21.1 Å². The van der Waals surface area contributed by atoms with Gasteiger partial charge in [0.2, 0.25) is 0 Å². The van der Waals surface area contributed by atoms with Crippen molar-refractivity contribution in [2.45, 2.75) is 26.1 Å². The lowest BCUT2D eigenvalue weighted by Gasteiger charge is -2.20. The van der Waals surface area contributed by atoms with E-state index in [9.17, 15) is 14.4 Å². The van der Waals surface area contributed by atoms with Gasteiger partial charge in [-0.1, -0.05) is 54.1 Å². The van der Waals surface area contributed by atoms with Crippen molar-refractivity contribution in [3.8, 4) is 5.75 Å². The van der Waals surface area contributed by atoms with Gasteiger partial charge in [-0.3, -0.25) is 19.1 Å². The van der Waals surface area contributed by atoms with Crippen LogP contribution in [0.5, 0.6) is 5.75 Å². The minimum Gasteiger partial charge on any atom is -0.479 e. The zero-order chi connectivity index (χ0) is 23.8. The average molecular weight is 473 g/mol. The molecule has 1 amide bonds. The fourth-order valence-electron chi connectivity index (χ4n) is 3.05. The van der Waals surface area contributed by atoms with Crippen LogP contribution in [0.15, 0.2) is 64.2 Å². The molecule has 0 fully saturated rings. The van der Waals surface area contributed by atoms with Gasteiger partial charge in [0.1, 0.15) is 17.3 Å². The lowest BCUT2D eigenvalue weighted by atomic mass is 10.2. The second kappa shape index (κ2) is 11.3. The standard InChI is InChI=1S/C23H25ClN4O5/c1-15(33-18-11-7-6-10-17(18)24)21(29)26-20-19(25-14-16-8-4-3-5-9-16)22(30)27-23(31)28(20)12-13-32-2/h3-11,15,25H,12-14H2,1-2H3,(H,26,29)(H,27,30,31). The highest BCUT2D eigenvalue weighted by molar-refractivity contribution is 6.32. The van der Waals surface area contributed by atoms with Gasteiger partial charge in [0, 0.05) is 13.7 Å². The Balaban J connectivity index is 1.91. The van der Waals surface area contributed by atoms with E-state index in [-0.39, 0.29) is 24.7 Å². The van der Waals surface area contributed by atoms with Crippen LogP contribution in [0.1, 0.15) is 12.5 Å². The first-order valence-electron chi connectivity index (χ1n) is 10.3. The number of amides is 1. The summed E-state index contributed by atoms with van der Waals surface area (Å²) < 4.78 is 12.0. The summed E-state index contributed by atoms with van der Waals surface area (Å²) in [4.78, 5) is 40.4. The van der Waals surface area contributed by atoms with Crippen molar-refractivity contribution in [1.82, 2.24) is 9.55 Å². The maximum absolute atomic E-state index is 12.9. The molecule has 1 atom stereocenters. The maximum atomic E-state index is 12.9. The third-order valence-corrected chi connectivity index (χ3v) is 5.09. The number of nitrogens with one attached hydrogen (secondary N) is 3. The predicted octanol–water partition coefficient (Wildman–Crippen LogP) is 2.85. The van der Waals surface area contributed by atoms with Crippen LogP contribution < -0.4 is 26.6 Å². The van der Waals surface area contributed by atoms with E-state index >= 15 is 0 Å². The third-order valence-electron chi connectivity index (χ3n) is 4.78. The molecule has 0 aliphatic heterocycles. The van der Waals surface area contributed by atoms with Gasteiger partial charge in [-0.15, -0.1) is 0 Å². The lowest BCUT2D eigenvalue weighted by Crippen LogP contribution is -2.38. The van der Waals surface area contributed by atoms with Crippen LogP contribution in [-0.2, 0) is 22.6 Å². The second-order valence-electron chi connectivity index (χ2n) is 7.15. The molecule has 2 aromatic carbocycles. The summed E-state index contributed by atoms with van der Waals surface area (Å²) in [6.07, 6.45) is -0.961. The number of hydrogen-bond acceptors (Lipinski definition) is 6. The fourth-order valence-corrected chi connectivity index (χ4v) is 3.23. The monoisotopic (exact) mass is 472 g/mol. The highest BCUT2D eigenvalue weighted by Gasteiger charge is 2.22. The Kier molecular flexibility index (Phi) is 8.28. The van der Waals surface area contributed by atoms with Gasteiger partial charge in [-0.05, 0) is 24.6 Å². The Labute approximate surface area is 195 Å². The molecule has 0 bridgehead atoms. The number of H-pyrrole nitrogens is 1. The van der Waals surface area contributed by atoms with Crippen LogP contribution in [0.4, 0.5) is 11.5 Å². The number of hydrogen-bond donors (Lipinski definition) is 3. The molecule has 0 radical (unpaired) electrons. The van der Waals surface area contributed by atoms with Crippen molar-refractivity contribution in [2.75, 3.05) is 24.4 Å². The number of carbonyl (C=O) groups excluding carboxylic acids is 1. The number of aromatic nitrogens is 2. The number of benzene rings is 2. The Bertz CT molecular complexity index is 1210. The zero-order valence-corrected chi connectivity index (χ0v) is 19.0. The molecule has 3 rings (SSSR count). The minimum absolute atomic E-state index is 0.0244. The van der Waals surface area contributed by atoms with Gasteiger partial charge in [0.15, 0.2) is 6.10 Å². The van der Waals surface area contributed by atoms with Crippen molar-refractivity contribution in [3.05, 3.63) is 86.0 Å². The van der Waals surface area contributed by atoms with Crippen LogP contribution in [-0.4, -0.2) is 35.3 Å². The number of ether oxygens (including phenoxy) is 2. The molecule has 10 heteroatoms. The number of para-hydroxylation sites is 1. The molecule has 174 valence electrons. The molecule has 0 saturated heterocycles. The van der Waals surface area contributed by atoms with Crippen molar-refractivity contribution >= 4 is 29.0 Å². The lowest BCUT2D eigenvalue weighted by molar-refractivity contribution is -0.122. The Morgan fingerprint density at radius 1 is 1.12 bits per heavy atom. The van der Waals surface area contributed by atoms with Crippen LogP contribution in [0, 0.1) is 0 Å². The molecule has 0 saturated carbocycles. The molecule has 0 aliphatic carbocycles. The zero-order valence-electron chi connectivity index (χ0n) is 18.3. The number of nitrogens with zero attached hydrogens (tertiary/aromatic N) is 1. The molecule has 1 unspecified atom stereocenters. The van der Waals surface area contributed by atoms with Crippen molar-refractivity contribution in [3.63, 3.8) is 0 Å². The number of carbonyl (C=O) groups is 1. The van der Waals surface area contributed by atoms with Gasteiger partial charge >= 0.3 is 5.69 Å². The summed E-state index contributed by atoms with van der Waals surface area (Å²) in [5.41, 5.74) is -0.357. The van der Waals surface area contributed by atoms with Crippen molar-refractivity contribution in [2.24, 2.45) is 0 Å². The second-order valence-corrected chi connectivity index (χ2v) is 7.55. The first-order chi connectivity index (χ1) is 15.9. The predicted molar refractivity (Wildman–Crippen MR) is 127 cm³/mol. The van der Waals surface area contributed by atoms with E-state index in [2.05, 4.69) is 15.6 Å². The highest BCUT2D eigenvalue weighted by atomic mass is 35.5. The van der Waals surface area contributed by atoms with E-state index in [0.29, 0.717) is 17.3 Å². The van der Waals surface area contributed by atoms with E-state index < -0.39 is 23.3 Å². The molecule has 1 aromatic heterocycles. The summed E-state index contributed by atoms with van der Waals surface area (Å²) in [7, 11) is 1.49. The molecule has 33 heavy (non-hydrogen) atoms. The van der Waals surface area contributed by atoms with Crippen molar-refractivity contribution < 1.29 is 14.3 Å². The number of rotatable bonds is 10. The molecular weight excluding hydrogens is 448 g/mol. The molecule has 3 N–H and O–H groups in total. The number of aromatic amines is 1. The molecule has 9 nitrogen and oxygen atoms in total. The first-order valence-corrected chi connectivity index (χ1v) is 10.6. The highest BCUT2D eigenvalue weighted by Crippen LogP contribution is 2.25. The van der Waals surface area contributed by atoms with Gasteiger partial charge in [-0.25, -0.2) is 4.79 Å². The third kappa shape index (κ3) is 6.24. The number of methoxy groups -OCH3 is 1. The van der Waals surface area contributed by atoms with Gasteiger partial charge < -0.3 is 20.1 Å². The summed E-state index contributed by atoms with van der Waals surface area (Å²) in [6, 6.07) is 16.2. The number of halogens is 1. The van der Waals surface area contributed by atoms with Crippen LogP contribution in [0.3, 0.4) is 0 Å². The summed E-state index contributed by atoms with van der Waals surface area (Å²) in [6.45, 7) is 2.15. The van der Waals surface area contributed by atoms with Crippen molar-refractivity contribution in [1.29, 1.82) is 0 Å².